The van der Waals surface area contributed by atoms with Gasteiger partial charge in [-0.05, 0) is 29.5 Å². The van der Waals surface area contributed by atoms with E-state index in [2.05, 4.69) is 13.8 Å². The van der Waals surface area contributed by atoms with Crippen LogP contribution in [0.4, 0.5) is 0 Å². The van der Waals surface area contributed by atoms with E-state index < -0.39 is 60.3 Å². The van der Waals surface area contributed by atoms with E-state index in [1.54, 1.807) is 0 Å². The van der Waals surface area contributed by atoms with Gasteiger partial charge in [0.1, 0.15) is 17.8 Å². The highest BCUT2D eigenvalue weighted by Crippen LogP contribution is 2.42. The van der Waals surface area contributed by atoms with Crippen LogP contribution >= 0.6 is 0 Å². The highest BCUT2D eigenvalue weighted by atomic mass is 16.7. The van der Waals surface area contributed by atoms with E-state index in [0.29, 0.717) is 19.8 Å². The lowest BCUT2D eigenvalue weighted by molar-refractivity contribution is -0.315. The maximum atomic E-state index is 12.9. The van der Waals surface area contributed by atoms with Gasteiger partial charge in [-0.3, -0.25) is 14.4 Å². The smallest absolute Gasteiger partial charge is 0.303 e. The third-order valence-electron chi connectivity index (χ3n) is 13.7. The van der Waals surface area contributed by atoms with Gasteiger partial charge in [0.2, 0.25) is 0 Å². The molecule has 11 nitrogen and oxygen atoms in total. The Kier molecular flexibility index (Phi) is 31.6. The zero-order valence-corrected chi connectivity index (χ0v) is 45.6. The van der Waals surface area contributed by atoms with Crippen LogP contribution in [0.2, 0.25) is 0 Å². The molecule has 0 N–H and O–H groups in total. The Balaban J connectivity index is 1.49. The molecule has 4 rings (SSSR count). The topological polar surface area (TPSA) is 125 Å². The largest absolute Gasteiger partial charge is 0.456 e. The second-order valence-corrected chi connectivity index (χ2v) is 20.0. The minimum absolute atomic E-state index is 0.0275. The molecular formula is C62H94O11. The standard InChI is InChI=1S/C62H94O11/c1-6-8-10-12-14-16-18-20-22-24-26-37-45-66-47-56(67-46-38-27-25-23-21-19-17-15-13-11-9-7-2)48-68-61-60(72-52(5)65)59(71-51(4)64)58(70-50(3)63)57(73-61)49-69-62(53-39-31-28-32-40-53,54-41-33-29-34-42-54)55-43-35-30-36-44-55/h28-36,39-44,56-61H,6-27,37-38,45-49H2,1-5H3/t56-,57-,58+,59+,60-,61+/m1/s1. The summed E-state index contributed by atoms with van der Waals surface area (Å²) in [5.74, 6) is -1.97. The fraction of sp³-hybridized carbons (Fsp3) is 0.661. The van der Waals surface area contributed by atoms with Crippen molar-refractivity contribution in [2.24, 2.45) is 0 Å². The Hall–Kier alpha value is -4.13. The van der Waals surface area contributed by atoms with Gasteiger partial charge in [-0.15, -0.1) is 0 Å². The number of carbonyl (C=O) groups excluding carboxylic acids is 3. The molecule has 0 unspecified atom stereocenters. The summed E-state index contributed by atoms with van der Waals surface area (Å²) in [7, 11) is 0. The third kappa shape index (κ3) is 23.5. The van der Waals surface area contributed by atoms with E-state index in [0.717, 1.165) is 42.4 Å². The molecule has 408 valence electrons. The van der Waals surface area contributed by atoms with Crippen molar-refractivity contribution in [1.82, 2.24) is 0 Å². The fourth-order valence-electron chi connectivity index (χ4n) is 9.90. The van der Waals surface area contributed by atoms with Gasteiger partial charge in [0.05, 0.1) is 19.8 Å². The van der Waals surface area contributed by atoms with E-state index in [4.69, 9.17) is 37.9 Å². The number of benzene rings is 3. The summed E-state index contributed by atoms with van der Waals surface area (Å²) in [5, 5.41) is 0. The third-order valence-corrected chi connectivity index (χ3v) is 13.7. The molecule has 1 heterocycles. The van der Waals surface area contributed by atoms with Gasteiger partial charge in [-0.2, -0.15) is 0 Å². The van der Waals surface area contributed by atoms with Crippen LogP contribution in [0.1, 0.15) is 205 Å². The Morgan fingerprint density at radius 1 is 0.466 bits per heavy atom. The quantitative estimate of drug-likeness (QED) is 0.0233. The van der Waals surface area contributed by atoms with Crippen molar-refractivity contribution in [3.05, 3.63) is 108 Å². The first kappa shape index (κ1) is 61.4. The molecule has 1 saturated heterocycles. The van der Waals surface area contributed by atoms with Crippen LogP contribution in [0.3, 0.4) is 0 Å². The average molecular weight is 1020 g/mol. The number of ether oxygens (including phenoxy) is 8. The number of hydrogen-bond donors (Lipinski definition) is 0. The number of unbranched alkanes of at least 4 members (excludes halogenated alkanes) is 22. The van der Waals surface area contributed by atoms with Crippen molar-refractivity contribution in [1.29, 1.82) is 0 Å². The van der Waals surface area contributed by atoms with Gasteiger partial charge >= 0.3 is 17.9 Å². The molecule has 0 radical (unpaired) electrons. The highest BCUT2D eigenvalue weighted by Gasteiger charge is 2.53. The summed E-state index contributed by atoms with van der Waals surface area (Å²) in [5.41, 5.74) is 1.40. The molecule has 0 spiro atoms. The molecule has 1 aliphatic heterocycles. The van der Waals surface area contributed by atoms with Crippen molar-refractivity contribution in [3.8, 4) is 0 Å². The van der Waals surface area contributed by atoms with Crippen molar-refractivity contribution in [2.75, 3.05) is 33.0 Å². The zero-order valence-electron chi connectivity index (χ0n) is 45.6. The molecule has 0 bridgehead atoms. The van der Waals surface area contributed by atoms with Gasteiger partial charge in [-0.1, -0.05) is 246 Å². The van der Waals surface area contributed by atoms with E-state index in [-0.39, 0.29) is 13.2 Å². The maximum absolute atomic E-state index is 12.9. The summed E-state index contributed by atoms with van der Waals surface area (Å²) in [6.45, 7) is 9.61. The van der Waals surface area contributed by atoms with Gasteiger partial charge < -0.3 is 37.9 Å². The predicted molar refractivity (Wildman–Crippen MR) is 289 cm³/mol. The van der Waals surface area contributed by atoms with Gasteiger partial charge in [0, 0.05) is 34.0 Å². The molecule has 6 atom stereocenters. The van der Waals surface area contributed by atoms with Crippen molar-refractivity contribution in [3.63, 3.8) is 0 Å². The molecule has 1 aliphatic rings. The Morgan fingerprint density at radius 2 is 0.836 bits per heavy atom. The molecule has 3 aromatic carbocycles. The molecule has 0 aliphatic carbocycles. The lowest BCUT2D eigenvalue weighted by Crippen LogP contribution is -2.63. The second-order valence-electron chi connectivity index (χ2n) is 20.0. The first-order valence-corrected chi connectivity index (χ1v) is 28.5. The van der Waals surface area contributed by atoms with Crippen LogP contribution in [0.15, 0.2) is 91.0 Å². The van der Waals surface area contributed by atoms with Crippen LogP contribution in [-0.2, 0) is 57.9 Å². The number of rotatable bonds is 41. The van der Waals surface area contributed by atoms with Crippen LogP contribution in [0.5, 0.6) is 0 Å². The van der Waals surface area contributed by atoms with E-state index in [1.807, 2.05) is 91.0 Å². The fourth-order valence-corrected chi connectivity index (χ4v) is 9.90. The summed E-state index contributed by atoms with van der Waals surface area (Å²) in [4.78, 5) is 38.6. The first-order valence-electron chi connectivity index (χ1n) is 28.5. The molecule has 0 saturated carbocycles. The molecule has 11 heteroatoms. The Bertz CT molecular complexity index is 1760. The van der Waals surface area contributed by atoms with E-state index in [9.17, 15) is 14.4 Å². The summed E-state index contributed by atoms with van der Waals surface area (Å²) >= 11 is 0. The lowest BCUT2D eigenvalue weighted by atomic mass is 9.80. The molecule has 73 heavy (non-hydrogen) atoms. The van der Waals surface area contributed by atoms with Gasteiger partial charge in [0.25, 0.3) is 0 Å². The summed E-state index contributed by atoms with van der Waals surface area (Å²) in [6, 6.07) is 29.7. The SMILES string of the molecule is CCCCCCCCCCCCCCOC[C@H](CO[C@H]1O[C@H](COC(c2ccccc2)(c2ccccc2)c2ccccc2)[C@H](OC(C)=O)[C@H](OC(C)=O)[C@H]1OC(C)=O)OCCCCCCCCCCCCCC. The predicted octanol–water partition coefficient (Wildman–Crippen LogP) is 14.3. The second kappa shape index (κ2) is 37.6. The monoisotopic (exact) mass is 1010 g/mol. The summed E-state index contributed by atoms with van der Waals surface area (Å²) < 4.78 is 51.0. The van der Waals surface area contributed by atoms with Crippen molar-refractivity contribution in [2.45, 2.75) is 231 Å². The minimum atomic E-state index is -1.31. The normalized spacial score (nSPS) is 18.3. The van der Waals surface area contributed by atoms with Crippen molar-refractivity contribution >= 4 is 17.9 Å². The van der Waals surface area contributed by atoms with Crippen LogP contribution in [0, 0.1) is 0 Å². The number of carbonyl (C=O) groups is 3. The van der Waals surface area contributed by atoms with E-state index in [1.165, 1.54) is 149 Å². The average Bonchev–Trinajstić information content (AvgIpc) is 3.39. The number of hydrogen-bond acceptors (Lipinski definition) is 11. The van der Waals surface area contributed by atoms with E-state index >= 15 is 0 Å². The summed E-state index contributed by atoms with van der Waals surface area (Å²) in [6.07, 6.45) is 23.5. The van der Waals surface area contributed by atoms with Gasteiger partial charge in [-0.25, -0.2) is 0 Å². The van der Waals surface area contributed by atoms with Crippen LogP contribution < -0.4 is 0 Å². The zero-order chi connectivity index (χ0) is 52.2. The Morgan fingerprint density at radius 3 is 1.25 bits per heavy atom. The molecule has 3 aromatic rings. The maximum Gasteiger partial charge on any atom is 0.303 e. The molecular weight excluding hydrogens is 921 g/mol. The van der Waals surface area contributed by atoms with Crippen LogP contribution in [-0.4, -0.2) is 87.8 Å². The van der Waals surface area contributed by atoms with Crippen molar-refractivity contribution < 1.29 is 52.3 Å². The minimum Gasteiger partial charge on any atom is -0.456 e. The molecule has 0 amide bonds. The van der Waals surface area contributed by atoms with Crippen LogP contribution in [0.25, 0.3) is 0 Å². The van der Waals surface area contributed by atoms with Gasteiger partial charge in [0.15, 0.2) is 24.6 Å². The lowest BCUT2D eigenvalue weighted by Gasteiger charge is -2.45. The highest BCUT2D eigenvalue weighted by molar-refractivity contribution is 5.68. The molecule has 0 aromatic heterocycles. The Labute approximate surface area is 440 Å². The number of esters is 3. The first-order chi connectivity index (χ1) is 35.7. The molecule has 1 fully saturated rings.